The van der Waals surface area contributed by atoms with Crippen LogP contribution < -0.4 is 5.73 Å². The summed E-state index contributed by atoms with van der Waals surface area (Å²) in [5, 5.41) is 0. The molecule has 0 bridgehead atoms. The molecule has 1 amide bonds. The first-order chi connectivity index (χ1) is 8.81. The van der Waals surface area contributed by atoms with Gasteiger partial charge in [-0.1, -0.05) is 31.2 Å². The predicted octanol–water partition coefficient (Wildman–Crippen LogP) is 2.72. The van der Waals surface area contributed by atoms with E-state index in [4.69, 9.17) is 5.73 Å². The van der Waals surface area contributed by atoms with E-state index in [0.717, 1.165) is 6.42 Å². The third-order valence-electron chi connectivity index (χ3n) is 3.26. The molecule has 0 radical (unpaired) electrons. The Morgan fingerprint density at radius 1 is 1.21 bits per heavy atom. The maximum atomic E-state index is 12.0. The molecular formula is C16H26N2O. The van der Waals surface area contributed by atoms with E-state index in [1.165, 1.54) is 11.1 Å². The van der Waals surface area contributed by atoms with Crippen molar-refractivity contribution < 1.29 is 4.79 Å². The minimum absolute atomic E-state index is 0.151. The van der Waals surface area contributed by atoms with Gasteiger partial charge in [0.2, 0.25) is 5.91 Å². The molecule has 0 aliphatic heterocycles. The normalized spacial score (nSPS) is 11.4. The second kappa shape index (κ2) is 6.71. The Hall–Kier alpha value is -1.35. The maximum Gasteiger partial charge on any atom is 0.222 e. The molecule has 0 atom stereocenters. The number of nitrogens with zero attached hydrogens (tertiary/aromatic N) is 1. The van der Waals surface area contributed by atoms with Crippen LogP contribution in [0.5, 0.6) is 0 Å². The zero-order valence-electron chi connectivity index (χ0n) is 12.6. The molecule has 0 aliphatic rings. The molecule has 19 heavy (non-hydrogen) atoms. The lowest BCUT2D eigenvalue weighted by Gasteiger charge is -2.21. The number of carbonyl (C=O) groups is 1. The molecule has 0 heterocycles. The fourth-order valence-corrected chi connectivity index (χ4v) is 1.86. The highest BCUT2D eigenvalue weighted by Crippen LogP contribution is 2.11. The van der Waals surface area contributed by atoms with Crippen LogP contribution in [-0.2, 0) is 17.8 Å². The standard InChI is InChI=1S/C16H26N2O/c1-5-13-6-8-14(9-7-13)12-18(4)15(19)10-11-16(2,3)17/h6-9H,5,10-12,17H2,1-4H3. The van der Waals surface area contributed by atoms with Gasteiger partial charge in [0.25, 0.3) is 0 Å². The van der Waals surface area contributed by atoms with Gasteiger partial charge in [0.15, 0.2) is 0 Å². The summed E-state index contributed by atoms with van der Waals surface area (Å²) in [5.74, 6) is 0.151. The van der Waals surface area contributed by atoms with Crippen molar-refractivity contribution in [2.45, 2.75) is 52.1 Å². The van der Waals surface area contributed by atoms with E-state index in [1.807, 2.05) is 20.9 Å². The van der Waals surface area contributed by atoms with Crippen LogP contribution >= 0.6 is 0 Å². The molecule has 0 saturated heterocycles. The Kier molecular flexibility index (Phi) is 5.55. The van der Waals surface area contributed by atoms with Crippen molar-refractivity contribution in [1.29, 1.82) is 0 Å². The summed E-state index contributed by atoms with van der Waals surface area (Å²) in [6.07, 6.45) is 2.26. The predicted molar refractivity (Wildman–Crippen MR) is 79.8 cm³/mol. The molecule has 0 aliphatic carbocycles. The van der Waals surface area contributed by atoms with Crippen LogP contribution in [0.15, 0.2) is 24.3 Å². The Balaban J connectivity index is 2.49. The average molecular weight is 262 g/mol. The molecule has 3 heteroatoms. The number of carbonyl (C=O) groups excluding carboxylic acids is 1. The largest absolute Gasteiger partial charge is 0.341 e. The van der Waals surface area contributed by atoms with Crippen molar-refractivity contribution >= 4 is 5.91 Å². The van der Waals surface area contributed by atoms with Crippen molar-refractivity contribution in [2.24, 2.45) is 5.73 Å². The monoisotopic (exact) mass is 262 g/mol. The van der Waals surface area contributed by atoms with Gasteiger partial charge in [-0.25, -0.2) is 0 Å². The summed E-state index contributed by atoms with van der Waals surface area (Å²) in [7, 11) is 1.85. The van der Waals surface area contributed by atoms with Gasteiger partial charge in [0.1, 0.15) is 0 Å². The molecular weight excluding hydrogens is 236 g/mol. The maximum absolute atomic E-state index is 12.0. The number of aryl methyl sites for hydroxylation is 1. The third-order valence-corrected chi connectivity index (χ3v) is 3.26. The van der Waals surface area contributed by atoms with E-state index in [2.05, 4.69) is 31.2 Å². The van der Waals surface area contributed by atoms with Gasteiger partial charge in [-0.3, -0.25) is 4.79 Å². The Morgan fingerprint density at radius 3 is 2.21 bits per heavy atom. The van der Waals surface area contributed by atoms with Crippen molar-refractivity contribution in [1.82, 2.24) is 4.90 Å². The van der Waals surface area contributed by atoms with Crippen LogP contribution in [0.25, 0.3) is 0 Å². The van der Waals surface area contributed by atoms with E-state index in [9.17, 15) is 4.79 Å². The zero-order valence-corrected chi connectivity index (χ0v) is 12.6. The van der Waals surface area contributed by atoms with Crippen LogP contribution in [0.2, 0.25) is 0 Å². The summed E-state index contributed by atoms with van der Waals surface area (Å²) >= 11 is 0. The summed E-state index contributed by atoms with van der Waals surface area (Å²) in [4.78, 5) is 13.8. The Bertz CT molecular complexity index is 404. The molecule has 0 saturated carbocycles. The molecule has 0 spiro atoms. The highest BCUT2D eigenvalue weighted by Gasteiger charge is 2.15. The minimum Gasteiger partial charge on any atom is -0.341 e. The van der Waals surface area contributed by atoms with Gasteiger partial charge in [-0.15, -0.1) is 0 Å². The summed E-state index contributed by atoms with van der Waals surface area (Å²) in [5.41, 5.74) is 8.11. The summed E-state index contributed by atoms with van der Waals surface area (Å²) in [6, 6.07) is 8.43. The molecule has 0 aromatic heterocycles. The third kappa shape index (κ3) is 5.88. The SMILES string of the molecule is CCc1ccc(CN(C)C(=O)CCC(C)(C)N)cc1. The molecule has 106 valence electrons. The lowest BCUT2D eigenvalue weighted by Crippen LogP contribution is -2.34. The highest BCUT2D eigenvalue weighted by molar-refractivity contribution is 5.75. The van der Waals surface area contributed by atoms with Crippen LogP contribution in [0.3, 0.4) is 0 Å². The first-order valence-corrected chi connectivity index (χ1v) is 6.92. The fraction of sp³-hybridized carbons (Fsp3) is 0.562. The van der Waals surface area contributed by atoms with Gasteiger partial charge < -0.3 is 10.6 Å². The van der Waals surface area contributed by atoms with E-state index < -0.39 is 0 Å². The lowest BCUT2D eigenvalue weighted by atomic mass is 10.00. The second-order valence-electron chi connectivity index (χ2n) is 5.91. The van der Waals surface area contributed by atoms with Gasteiger partial charge in [-0.2, -0.15) is 0 Å². The van der Waals surface area contributed by atoms with Crippen molar-refractivity contribution in [3.05, 3.63) is 35.4 Å². The van der Waals surface area contributed by atoms with Gasteiger partial charge in [0, 0.05) is 25.6 Å². The minimum atomic E-state index is -0.278. The summed E-state index contributed by atoms with van der Waals surface area (Å²) in [6.45, 7) is 6.69. The van der Waals surface area contributed by atoms with Gasteiger partial charge >= 0.3 is 0 Å². The second-order valence-corrected chi connectivity index (χ2v) is 5.91. The smallest absolute Gasteiger partial charge is 0.222 e. The van der Waals surface area contributed by atoms with Crippen LogP contribution in [0.1, 0.15) is 44.7 Å². The first kappa shape index (κ1) is 15.7. The molecule has 0 fully saturated rings. The number of rotatable bonds is 6. The van der Waals surface area contributed by atoms with Crippen molar-refractivity contribution in [3.8, 4) is 0 Å². The summed E-state index contributed by atoms with van der Waals surface area (Å²) < 4.78 is 0. The van der Waals surface area contributed by atoms with Gasteiger partial charge in [0.05, 0.1) is 0 Å². The molecule has 2 N–H and O–H groups in total. The number of hydrogen-bond acceptors (Lipinski definition) is 2. The van der Waals surface area contributed by atoms with E-state index >= 15 is 0 Å². The quantitative estimate of drug-likeness (QED) is 0.857. The van der Waals surface area contributed by atoms with Gasteiger partial charge in [-0.05, 0) is 37.8 Å². The lowest BCUT2D eigenvalue weighted by molar-refractivity contribution is -0.130. The van der Waals surface area contributed by atoms with E-state index in [-0.39, 0.29) is 11.4 Å². The molecule has 1 aromatic rings. The van der Waals surface area contributed by atoms with Crippen LogP contribution in [-0.4, -0.2) is 23.4 Å². The van der Waals surface area contributed by atoms with Crippen molar-refractivity contribution in [2.75, 3.05) is 7.05 Å². The average Bonchev–Trinajstić information content (AvgIpc) is 2.36. The molecule has 1 rings (SSSR count). The number of amides is 1. The molecule has 3 nitrogen and oxygen atoms in total. The first-order valence-electron chi connectivity index (χ1n) is 6.92. The van der Waals surface area contributed by atoms with Crippen LogP contribution in [0, 0.1) is 0 Å². The van der Waals surface area contributed by atoms with E-state index in [0.29, 0.717) is 19.4 Å². The Labute approximate surface area is 116 Å². The Morgan fingerprint density at radius 2 is 1.74 bits per heavy atom. The van der Waals surface area contributed by atoms with Crippen LogP contribution in [0.4, 0.5) is 0 Å². The number of nitrogens with two attached hydrogens (primary N) is 1. The zero-order chi connectivity index (χ0) is 14.5. The number of benzene rings is 1. The topological polar surface area (TPSA) is 46.3 Å². The molecule has 1 aromatic carbocycles. The number of hydrogen-bond donors (Lipinski definition) is 1. The fourth-order valence-electron chi connectivity index (χ4n) is 1.86. The van der Waals surface area contributed by atoms with E-state index in [1.54, 1.807) is 4.90 Å². The highest BCUT2D eigenvalue weighted by atomic mass is 16.2. The van der Waals surface area contributed by atoms with Crippen molar-refractivity contribution in [3.63, 3.8) is 0 Å². The molecule has 0 unspecified atom stereocenters.